The molecule has 0 aliphatic carbocycles. The molecule has 2 aromatic carbocycles. The van der Waals surface area contributed by atoms with Gasteiger partial charge in [0.25, 0.3) is 0 Å². The number of amides is 1. The number of rotatable bonds is 5. The van der Waals surface area contributed by atoms with E-state index in [4.69, 9.17) is 32.7 Å². The Balaban J connectivity index is 0.000000263. The van der Waals surface area contributed by atoms with Gasteiger partial charge >= 0.3 is 12.1 Å². The fourth-order valence-corrected chi connectivity index (χ4v) is 5.10. The average molecular weight is 591 g/mol. The molecule has 0 unspecified atom stereocenters. The summed E-state index contributed by atoms with van der Waals surface area (Å²) in [5.41, 5.74) is 2.30. The number of nitrogens with zero attached hydrogens (tertiary/aromatic N) is 2. The van der Waals surface area contributed by atoms with E-state index in [-0.39, 0.29) is 17.6 Å². The highest BCUT2D eigenvalue weighted by Gasteiger charge is 2.37. The molecule has 1 saturated heterocycles. The smallest absolute Gasteiger partial charge is 0.410 e. The molecule has 0 saturated carbocycles. The molecular formula is C30H37Cl2N3O5. The summed E-state index contributed by atoms with van der Waals surface area (Å²) >= 11 is 11.9. The molecule has 216 valence electrons. The van der Waals surface area contributed by atoms with Gasteiger partial charge in [0.15, 0.2) is 6.29 Å². The molecule has 1 aliphatic rings. The maximum atomic E-state index is 12.3. The zero-order valence-corrected chi connectivity index (χ0v) is 25.4. The molecule has 1 fully saturated rings. The predicted molar refractivity (Wildman–Crippen MR) is 159 cm³/mol. The summed E-state index contributed by atoms with van der Waals surface area (Å²) in [5.74, 6) is -0.313. The molecule has 40 heavy (non-hydrogen) atoms. The Morgan fingerprint density at radius 3 is 2.35 bits per heavy atom. The fraction of sp³-hybridized carbons (Fsp3) is 0.433. The highest BCUT2D eigenvalue weighted by atomic mass is 35.5. The number of likely N-dealkylation sites (tertiary alicyclic amines) is 1. The molecule has 1 aliphatic heterocycles. The van der Waals surface area contributed by atoms with Gasteiger partial charge in [-0.15, -0.1) is 0 Å². The second kappa shape index (κ2) is 13.1. The van der Waals surface area contributed by atoms with Crippen molar-refractivity contribution in [1.29, 1.82) is 0 Å². The number of piperidine rings is 1. The summed E-state index contributed by atoms with van der Waals surface area (Å²) in [6, 6.07) is 12.8. The van der Waals surface area contributed by atoms with Crippen molar-refractivity contribution in [3.63, 3.8) is 0 Å². The monoisotopic (exact) mass is 589 g/mol. The van der Waals surface area contributed by atoms with Crippen molar-refractivity contribution in [2.24, 2.45) is 7.05 Å². The van der Waals surface area contributed by atoms with Crippen molar-refractivity contribution in [2.45, 2.75) is 51.7 Å². The number of ether oxygens (including phenoxy) is 2. The number of benzene rings is 2. The average Bonchev–Trinajstić information content (AvgIpc) is 3.26. The van der Waals surface area contributed by atoms with Crippen LogP contribution in [0, 0.1) is 0 Å². The van der Waals surface area contributed by atoms with Crippen molar-refractivity contribution >= 4 is 52.5 Å². The van der Waals surface area contributed by atoms with E-state index in [1.54, 1.807) is 34.6 Å². The Morgan fingerprint density at radius 1 is 1.10 bits per heavy atom. The molecule has 1 aromatic heterocycles. The van der Waals surface area contributed by atoms with E-state index < -0.39 is 5.60 Å². The third-order valence-corrected chi connectivity index (χ3v) is 7.76. The van der Waals surface area contributed by atoms with Gasteiger partial charge in [0.1, 0.15) is 5.60 Å². The van der Waals surface area contributed by atoms with Crippen LogP contribution in [0.25, 0.3) is 10.9 Å². The minimum Gasteiger partial charge on any atom is -0.462 e. The van der Waals surface area contributed by atoms with E-state index >= 15 is 0 Å². The molecule has 1 N–H and O–H groups in total. The number of halogens is 2. The predicted octanol–water partition coefficient (Wildman–Crippen LogP) is 6.61. The maximum Gasteiger partial charge on any atom is 0.410 e. The van der Waals surface area contributed by atoms with Gasteiger partial charge in [0, 0.05) is 36.6 Å². The Hall–Kier alpha value is -3.07. The van der Waals surface area contributed by atoms with E-state index in [0.717, 1.165) is 35.6 Å². The Bertz CT molecular complexity index is 1370. The van der Waals surface area contributed by atoms with Crippen LogP contribution in [0.3, 0.4) is 0 Å². The van der Waals surface area contributed by atoms with Crippen LogP contribution in [0.1, 0.15) is 66.9 Å². The van der Waals surface area contributed by atoms with Crippen molar-refractivity contribution in [2.75, 3.05) is 26.7 Å². The van der Waals surface area contributed by atoms with Gasteiger partial charge < -0.3 is 24.3 Å². The first-order valence-electron chi connectivity index (χ1n) is 13.2. The quantitative estimate of drug-likeness (QED) is 0.266. The lowest BCUT2D eigenvalue weighted by atomic mass is 9.80. The van der Waals surface area contributed by atoms with Crippen LogP contribution >= 0.6 is 23.2 Å². The molecule has 4 rings (SSSR count). The first-order valence-corrected chi connectivity index (χ1v) is 13.9. The van der Waals surface area contributed by atoms with Crippen molar-refractivity contribution < 1.29 is 23.9 Å². The lowest BCUT2D eigenvalue weighted by Crippen LogP contribution is -2.52. The van der Waals surface area contributed by atoms with E-state index in [9.17, 15) is 14.4 Å². The molecule has 0 atom stereocenters. The number of aryl methyl sites for hydroxylation is 1. The highest BCUT2D eigenvalue weighted by Crippen LogP contribution is 2.34. The van der Waals surface area contributed by atoms with Crippen LogP contribution in [0.5, 0.6) is 0 Å². The van der Waals surface area contributed by atoms with Crippen LogP contribution in [-0.4, -0.2) is 60.2 Å². The van der Waals surface area contributed by atoms with Crippen LogP contribution in [0.2, 0.25) is 10.0 Å². The van der Waals surface area contributed by atoms with E-state index in [1.807, 2.05) is 59.1 Å². The van der Waals surface area contributed by atoms with Crippen LogP contribution in [0.4, 0.5) is 4.79 Å². The van der Waals surface area contributed by atoms with Crippen molar-refractivity contribution in [3.8, 4) is 0 Å². The third kappa shape index (κ3) is 7.16. The van der Waals surface area contributed by atoms with Gasteiger partial charge in [0.2, 0.25) is 0 Å². The number of esters is 1. The first kappa shape index (κ1) is 31.5. The molecule has 0 bridgehead atoms. The minimum atomic E-state index is -0.497. The number of aldehydes is 1. The van der Waals surface area contributed by atoms with Gasteiger partial charge in [-0.25, -0.2) is 9.59 Å². The summed E-state index contributed by atoms with van der Waals surface area (Å²) in [4.78, 5) is 36.8. The van der Waals surface area contributed by atoms with Crippen LogP contribution in [0.15, 0.2) is 42.5 Å². The molecule has 3 aromatic rings. The minimum absolute atomic E-state index is 0.275. The third-order valence-electron chi connectivity index (χ3n) is 6.94. The second-order valence-corrected chi connectivity index (χ2v) is 11.4. The van der Waals surface area contributed by atoms with Gasteiger partial charge in [-0.3, -0.25) is 4.79 Å². The molecule has 8 nitrogen and oxygen atoms in total. The van der Waals surface area contributed by atoms with Crippen LogP contribution in [-0.2, 0) is 22.1 Å². The van der Waals surface area contributed by atoms with Crippen molar-refractivity contribution in [1.82, 2.24) is 14.8 Å². The molecule has 0 radical (unpaired) electrons. The number of carbonyl (C=O) groups is 3. The normalized spacial score (nSPS) is 14.8. The number of fused-ring (bicyclic) bond motifs is 1. The Morgan fingerprint density at radius 2 is 1.77 bits per heavy atom. The molecule has 10 heteroatoms. The number of nitrogens with one attached hydrogen (secondary N) is 1. The molecule has 1 amide bonds. The van der Waals surface area contributed by atoms with E-state index in [1.165, 1.54) is 0 Å². The lowest BCUT2D eigenvalue weighted by Gasteiger charge is -2.42. The van der Waals surface area contributed by atoms with E-state index in [2.05, 4.69) is 5.32 Å². The zero-order chi connectivity index (χ0) is 29.7. The zero-order valence-electron chi connectivity index (χ0n) is 23.8. The number of aromatic nitrogens is 1. The standard InChI is InChI=1S/C20H30N2O4.C10H7Cl2NO/c1-6-25-17(23)15-8-7-9-16(14-15)20(21-5)10-12-22(13-11-20)18(24)26-19(2,3)4;1-13-6(5-14)4-7-9(13)3-2-8(11)10(7)12/h7-9,14,21H,6,10-13H2,1-5H3;2-5H,1H3. The van der Waals surface area contributed by atoms with Crippen molar-refractivity contribution in [3.05, 3.63) is 69.3 Å². The number of hydrogen-bond acceptors (Lipinski definition) is 6. The Kier molecular flexibility index (Phi) is 10.3. The molecule has 2 heterocycles. The maximum absolute atomic E-state index is 12.3. The summed E-state index contributed by atoms with van der Waals surface area (Å²) < 4.78 is 12.4. The lowest BCUT2D eigenvalue weighted by molar-refractivity contribution is 0.0148. The van der Waals surface area contributed by atoms with Gasteiger partial charge in [-0.1, -0.05) is 35.3 Å². The highest BCUT2D eigenvalue weighted by molar-refractivity contribution is 6.45. The largest absolute Gasteiger partial charge is 0.462 e. The molecule has 0 spiro atoms. The van der Waals surface area contributed by atoms with E-state index in [0.29, 0.717) is 41.0 Å². The summed E-state index contributed by atoms with van der Waals surface area (Å²) in [7, 11) is 3.73. The van der Waals surface area contributed by atoms with Crippen LogP contribution < -0.4 is 5.32 Å². The Labute approximate surface area is 245 Å². The molecular weight excluding hydrogens is 553 g/mol. The van der Waals surface area contributed by atoms with Gasteiger partial charge in [-0.2, -0.15) is 0 Å². The summed E-state index contributed by atoms with van der Waals surface area (Å²) in [5, 5.41) is 5.21. The van der Waals surface area contributed by atoms with Gasteiger partial charge in [0.05, 0.1) is 27.9 Å². The fourth-order valence-electron chi connectivity index (χ4n) is 4.72. The second-order valence-electron chi connectivity index (χ2n) is 10.6. The summed E-state index contributed by atoms with van der Waals surface area (Å²) in [6.07, 6.45) is 2.01. The first-order chi connectivity index (χ1) is 18.9. The summed E-state index contributed by atoms with van der Waals surface area (Å²) in [6.45, 7) is 8.95. The van der Waals surface area contributed by atoms with Gasteiger partial charge in [-0.05, 0) is 83.5 Å². The number of carbonyl (C=O) groups excluding carboxylic acids is 3. The SMILES string of the molecule is CCOC(=O)c1cccc(C2(NC)CCN(C(=O)OC(C)(C)C)CC2)c1.Cn1c(C=O)cc2c(Cl)c(Cl)ccc21. The number of hydrogen-bond donors (Lipinski definition) is 1. The topological polar surface area (TPSA) is 89.9 Å².